The van der Waals surface area contributed by atoms with Gasteiger partial charge in [0, 0.05) is 42.8 Å². The van der Waals surface area contributed by atoms with Crippen LogP contribution in [0, 0.1) is 0 Å². The molecule has 55 heavy (non-hydrogen) atoms. The van der Waals surface area contributed by atoms with Gasteiger partial charge >= 0.3 is 6.09 Å². The summed E-state index contributed by atoms with van der Waals surface area (Å²) in [5, 5.41) is 2.53. The highest BCUT2D eigenvalue weighted by atomic mass is 16.5. The van der Waals surface area contributed by atoms with E-state index in [9.17, 15) is 14.4 Å². The van der Waals surface area contributed by atoms with E-state index in [0.29, 0.717) is 30.4 Å². The fourth-order valence-corrected chi connectivity index (χ4v) is 7.15. The Labute approximate surface area is 321 Å². The zero-order chi connectivity index (χ0) is 38.9. The second-order valence-electron chi connectivity index (χ2n) is 13.6. The Kier molecular flexibility index (Phi) is 12.7. The van der Waals surface area contributed by atoms with E-state index >= 15 is 0 Å². The number of carbonyl (C=O) groups is 3. The molecule has 3 atom stereocenters. The number of alkyl carbamates (subject to hydrolysis) is 1. The summed E-state index contributed by atoms with van der Waals surface area (Å²) in [4.78, 5) is 70.0. The Balaban J connectivity index is 1.11. The van der Waals surface area contributed by atoms with Gasteiger partial charge in [0.25, 0.3) is 0 Å². The third-order valence-corrected chi connectivity index (χ3v) is 10.0. The SMILES string of the molecule is CCCN(Cc1nc(-c2cnc(-c3ccc(-c4cnc([C@@H]5CCCN5C(=O)[C@@H](c5ccccc5)N(CC)CC)[nH]4)cc3)nc2)c[nH]1)C(=O)[C@H](C)NC(=O)OC. The maximum Gasteiger partial charge on any atom is 0.407 e. The molecule has 0 aliphatic carbocycles. The van der Waals surface area contributed by atoms with E-state index in [0.717, 1.165) is 66.1 Å². The lowest BCUT2D eigenvalue weighted by atomic mass is 10.0. The molecule has 288 valence electrons. The van der Waals surface area contributed by atoms with Gasteiger partial charge in [0.05, 0.1) is 37.3 Å². The molecule has 3 amide bonds. The van der Waals surface area contributed by atoms with Gasteiger partial charge in [-0.3, -0.25) is 14.5 Å². The number of aromatic amines is 2. The quantitative estimate of drug-likeness (QED) is 0.114. The molecule has 0 bridgehead atoms. The molecule has 3 aromatic heterocycles. The van der Waals surface area contributed by atoms with E-state index in [4.69, 9.17) is 4.98 Å². The number of nitrogens with one attached hydrogen (secondary N) is 3. The van der Waals surface area contributed by atoms with Crippen molar-refractivity contribution in [2.75, 3.05) is 33.3 Å². The molecule has 0 spiro atoms. The van der Waals surface area contributed by atoms with Gasteiger partial charge in [-0.15, -0.1) is 0 Å². The lowest BCUT2D eigenvalue weighted by Gasteiger charge is -2.34. The molecule has 1 fully saturated rings. The van der Waals surface area contributed by atoms with Crippen LogP contribution in [0.5, 0.6) is 0 Å². The lowest BCUT2D eigenvalue weighted by molar-refractivity contribution is -0.138. The number of hydrogen-bond acceptors (Lipinski definition) is 9. The average molecular weight is 747 g/mol. The van der Waals surface area contributed by atoms with Crippen LogP contribution in [-0.4, -0.2) is 102 Å². The van der Waals surface area contributed by atoms with Crippen molar-refractivity contribution in [1.82, 2.24) is 49.9 Å². The predicted octanol–water partition coefficient (Wildman–Crippen LogP) is 6.15. The molecule has 2 aromatic carbocycles. The van der Waals surface area contributed by atoms with Gasteiger partial charge in [-0.05, 0) is 50.4 Å². The summed E-state index contributed by atoms with van der Waals surface area (Å²) in [5.41, 5.74) is 5.10. The van der Waals surface area contributed by atoms with Crippen LogP contribution in [0.3, 0.4) is 0 Å². The van der Waals surface area contributed by atoms with Gasteiger partial charge in [0.1, 0.15) is 23.7 Å². The largest absolute Gasteiger partial charge is 0.453 e. The number of benzene rings is 2. The second kappa shape index (κ2) is 18.0. The number of hydrogen-bond donors (Lipinski definition) is 3. The highest BCUT2D eigenvalue weighted by Crippen LogP contribution is 2.35. The Hall–Kier alpha value is -5.89. The zero-order valence-corrected chi connectivity index (χ0v) is 32.2. The van der Waals surface area contributed by atoms with E-state index in [2.05, 4.69) is 53.7 Å². The number of aromatic nitrogens is 6. The molecule has 6 rings (SSSR count). The number of nitrogens with zero attached hydrogens (tertiary/aromatic N) is 7. The number of carbonyl (C=O) groups excluding carboxylic acids is 3. The van der Waals surface area contributed by atoms with Crippen LogP contribution in [0.25, 0.3) is 33.9 Å². The fraction of sp³-hybridized carbons (Fsp3) is 0.390. The molecule has 0 saturated carbocycles. The minimum Gasteiger partial charge on any atom is -0.453 e. The van der Waals surface area contributed by atoms with Crippen LogP contribution in [0.15, 0.2) is 79.4 Å². The Morgan fingerprint density at radius 2 is 1.65 bits per heavy atom. The molecule has 1 saturated heterocycles. The molecule has 4 heterocycles. The van der Waals surface area contributed by atoms with Crippen LogP contribution in [0.4, 0.5) is 4.79 Å². The van der Waals surface area contributed by atoms with E-state index in [1.54, 1.807) is 30.4 Å². The Bertz CT molecular complexity index is 2030. The molecule has 14 nitrogen and oxygen atoms in total. The normalized spacial score (nSPS) is 15.2. The van der Waals surface area contributed by atoms with Crippen LogP contribution >= 0.6 is 0 Å². The smallest absolute Gasteiger partial charge is 0.407 e. The van der Waals surface area contributed by atoms with Crippen molar-refractivity contribution in [2.45, 2.75) is 71.6 Å². The monoisotopic (exact) mass is 746 g/mol. The van der Waals surface area contributed by atoms with Crippen LogP contribution < -0.4 is 5.32 Å². The molecule has 0 radical (unpaired) electrons. The zero-order valence-electron chi connectivity index (χ0n) is 32.2. The van der Waals surface area contributed by atoms with E-state index in [1.165, 1.54) is 7.11 Å². The first-order valence-electron chi connectivity index (χ1n) is 19.0. The molecule has 14 heteroatoms. The predicted molar refractivity (Wildman–Crippen MR) is 209 cm³/mol. The van der Waals surface area contributed by atoms with Gasteiger partial charge in [-0.25, -0.2) is 24.7 Å². The number of ether oxygens (including phenoxy) is 1. The number of methoxy groups -OCH3 is 1. The standard InChI is InChI=1S/C41H50N10O4/c1-6-20-50(39(52)27(4)46-41(54)55-5)26-35-42-24-33(47-35)31-22-43-37(44-23-31)30-18-16-28(17-19-30)32-25-45-38(48-32)34-15-12-21-51(34)40(53)36(49(7-2)8-3)29-13-10-9-11-14-29/h9-11,13-14,16-19,22-25,27,34,36H,6-8,12,15,20-21,26H2,1-5H3,(H,42,47)(H,45,48)(H,46,54)/t27-,34-,36+/m0/s1. The van der Waals surface area contributed by atoms with E-state index in [1.807, 2.05) is 72.6 Å². The summed E-state index contributed by atoms with van der Waals surface area (Å²) < 4.78 is 4.63. The first-order chi connectivity index (χ1) is 26.7. The summed E-state index contributed by atoms with van der Waals surface area (Å²) in [7, 11) is 1.26. The molecule has 1 aliphatic rings. The number of likely N-dealkylation sites (N-methyl/N-ethyl adjacent to an activating group) is 1. The molecule has 0 unspecified atom stereocenters. The van der Waals surface area contributed by atoms with Crippen molar-refractivity contribution >= 4 is 17.9 Å². The van der Waals surface area contributed by atoms with Crippen molar-refractivity contribution in [3.05, 3.63) is 96.6 Å². The molecular formula is C41H50N10O4. The number of amides is 3. The number of likely N-dealkylation sites (tertiary alicyclic amines) is 1. The summed E-state index contributed by atoms with van der Waals surface area (Å²) in [6, 6.07) is 16.9. The highest BCUT2D eigenvalue weighted by Gasteiger charge is 2.38. The average Bonchev–Trinajstić information content (AvgIpc) is 4.02. The number of imidazole rings is 2. The van der Waals surface area contributed by atoms with Crippen molar-refractivity contribution in [3.8, 4) is 33.9 Å². The number of H-pyrrole nitrogens is 2. The van der Waals surface area contributed by atoms with Crippen LogP contribution in [-0.2, 0) is 20.9 Å². The number of rotatable bonds is 15. The summed E-state index contributed by atoms with van der Waals surface area (Å²) in [5.74, 6) is 1.86. The maximum absolute atomic E-state index is 14.2. The minimum absolute atomic E-state index is 0.114. The van der Waals surface area contributed by atoms with Gasteiger partial charge in [-0.1, -0.05) is 75.4 Å². The highest BCUT2D eigenvalue weighted by molar-refractivity contribution is 5.85. The molecule has 3 N–H and O–H groups in total. The molecular weight excluding hydrogens is 697 g/mol. The third-order valence-electron chi connectivity index (χ3n) is 10.0. The van der Waals surface area contributed by atoms with E-state index < -0.39 is 12.1 Å². The van der Waals surface area contributed by atoms with Crippen molar-refractivity contribution in [1.29, 1.82) is 0 Å². The van der Waals surface area contributed by atoms with Gasteiger partial charge in [-0.2, -0.15) is 0 Å². The second-order valence-corrected chi connectivity index (χ2v) is 13.6. The summed E-state index contributed by atoms with van der Waals surface area (Å²) in [6.45, 7) is 10.8. The van der Waals surface area contributed by atoms with Gasteiger partial charge in [0.15, 0.2) is 5.82 Å². The van der Waals surface area contributed by atoms with Crippen LogP contribution in [0.1, 0.15) is 76.3 Å². The third kappa shape index (κ3) is 8.92. The van der Waals surface area contributed by atoms with Crippen LogP contribution in [0.2, 0.25) is 0 Å². The van der Waals surface area contributed by atoms with Crippen molar-refractivity contribution in [3.63, 3.8) is 0 Å². The Morgan fingerprint density at radius 3 is 2.33 bits per heavy atom. The summed E-state index contributed by atoms with van der Waals surface area (Å²) in [6.07, 6.45) is 8.93. The molecule has 1 aliphatic heterocycles. The fourth-order valence-electron chi connectivity index (χ4n) is 7.15. The van der Waals surface area contributed by atoms with Gasteiger partial charge < -0.3 is 29.8 Å². The molecule has 5 aromatic rings. The van der Waals surface area contributed by atoms with Gasteiger partial charge in [0.2, 0.25) is 11.8 Å². The van der Waals surface area contributed by atoms with E-state index in [-0.39, 0.29) is 30.4 Å². The van der Waals surface area contributed by atoms with Crippen molar-refractivity contribution in [2.24, 2.45) is 0 Å². The summed E-state index contributed by atoms with van der Waals surface area (Å²) >= 11 is 0. The minimum atomic E-state index is -0.739. The first-order valence-corrected chi connectivity index (χ1v) is 19.0. The lowest BCUT2D eigenvalue weighted by Crippen LogP contribution is -2.47. The maximum atomic E-state index is 14.2. The van der Waals surface area contributed by atoms with Crippen molar-refractivity contribution < 1.29 is 19.1 Å². The Morgan fingerprint density at radius 1 is 0.945 bits per heavy atom. The first kappa shape index (κ1) is 38.8. The topological polar surface area (TPSA) is 165 Å².